The van der Waals surface area contributed by atoms with E-state index in [1.807, 2.05) is 65.8 Å². The van der Waals surface area contributed by atoms with Gasteiger partial charge in [-0.25, -0.2) is 8.42 Å². The summed E-state index contributed by atoms with van der Waals surface area (Å²) in [4.78, 5) is 0. The quantitative estimate of drug-likeness (QED) is 0.291. The van der Waals surface area contributed by atoms with Crippen LogP contribution in [0.1, 0.15) is 54.1 Å². The van der Waals surface area contributed by atoms with Crippen LogP contribution in [-0.4, -0.2) is 14.7 Å². The molecule has 0 aliphatic carbocycles. The van der Waals surface area contributed by atoms with Gasteiger partial charge in [-0.2, -0.15) is 0 Å². The van der Waals surface area contributed by atoms with Crippen LogP contribution >= 0.6 is 9.69 Å². The number of halogens is 1. The minimum atomic E-state index is -3.52. The van der Waals surface area contributed by atoms with Crippen molar-refractivity contribution in [3.8, 4) is 0 Å². The Balaban J connectivity index is 0.000000358. The van der Waals surface area contributed by atoms with Crippen molar-refractivity contribution in [2.45, 2.75) is 38.8 Å². The van der Waals surface area contributed by atoms with Crippen LogP contribution < -0.4 is 0 Å². The fraction of sp³-hybridized carbons (Fsp3) is 0.280. The normalized spacial score (nSPS) is 12.6. The van der Waals surface area contributed by atoms with Crippen molar-refractivity contribution in [2.75, 3.05) is 6.26 Å². The van der Waals surface area contributed by atoms with E-state index in [1.165, 1.54) is 11.1 Å². The molecule has 0 fully saturated rings. The van der Waals surface area contributed by atoms with Crippen molar-refractivity contribution in [2.24, 2.45) is 0 Å². The molecule has 3 aromatic rings. The topological polar surface area (TPSA) is 72.0 Å². The molecular formula is C25H30ClN2O2RuS. The van der Waals surface area contributed by atoms with Crippen LogP contribution in [0.4, 0.5) is 0 Å². The number of sulfonamides is 1. The van der Waals surface area contributed by atoms with Crippen LogP contribution in [0, 0.1) is 6.92 Å². The third-order valence-corrected chi connectivity index (χ3v) is 5.27. The number of hydrogen-bond donors (Lipinski definition) is 0. The van der Waals surface area contributed by atoms with Crippen LogP contribution in [0.5, 0.6) is 0 Å². The van der Waals surface area contributed by atoms with Gasteiger partial charge < -0.3 is 10.5 Å². The SMILES string of the molecule is CS(=O)(=O)[N-][C@H](c1ccccc1)[C@H]([NH-])c1ccccc1.Cc1ccc(C(C)C)cc1.[Cl][Ru+2]. The summed E-state index contributed by atoms with van der Waals surface area (Å²) in [5, 5.41) is 0. The summed E-state index contributed by atoms with van der Waals surface area (Å²) in [6.45, 7) is 6.54. The maximum atomic E-state index is 11.5. The number of rotatable bonds is 6. The molecule has 1 N–H and O–H groups in total. The van der Waals surface area contributed by atoms with Gasteiger partial charge in [0.1, 0.15) is 0 Å². The van der Waals surface area contributed by atoms with Crippen molar-refractivity contribution in [3.63, 3.8) is 0 Å². The zero-order chi connectivity index (χ0) is 24.1. The fourth-order valence-electron chi connectivity index (χ4n) is 2.96. The third-order valence-electron chi connectivity index (χ3n) is 4.66. The summed E-state index contributed by atoms with van der Waals surface area (Å²) in [6, 6.07) is 25.5. The van der Waals surface area contributed by atoms with E-state index in [0.29, 0.717) is 5.92 Å². The van der Waals surface area contributed by atoms with E-state index in [0.717, 1.165) is 17.4 Å². The van der Waals surface area contributed by atoms with E-state index in [-0.39, 0.29) is 0 Å². The molecule has 0 aromatic heterocycles. The first-order chi connectivity index (χ1) is 15.2. The monoisotopic (exact) mass is 559 g/mol. The molecule has 0 aliphatic rings. The van der Waals surface area contributed by atoms with Crippen molar-refractivity contribution >= 4 is 19.7 Å². The van der Waals surface area contributed by atoms with E-state index in [1.54, 1.807) is 12.1 Å². The van der Waals surface area contributed by atoms with Crippen LogP contribution in [0.15, 0.2) is 84.9 Å². The molecule has 0 saturated carbocycles. The molecule has 0 unspecified atom stereocenters. The van der Waals surface area contributed by atoms with Gasteiger partial charge in [-0.3, -0.25) is 0 Å². The zero-order valence-corrected chi connectivity index (χ0v) is 22.0. The van der Waals surface area contributed by atoms with Gasteiger partial charge in [-0.15, -0.1) is 12.1 Å². The predicted octanol–water partition coefficient (Wildman–Crippen LogP) is 7.66. The molecule has 7 heteroatoms. The Hall–Kier alpha value is -1.56. The van der Waals surface area contributed by atoms with E-state index >= 15 is 0 Å². The Labute approximate surface area is 207 Å². The predicted molar refractivity (Wildman–Crippen MR) is 132 cm³/mol. The van der Waals surface area contributed by atoms with Crippen molar-refractivity contribution in [1.29, 1.82) is 0 Å². The van der Waals surface area contributed by atoms with Gasteiger partial charge in [0.15, 0.2) is 0 Å². The molecule has 3 rings (SSSR count). The van der Waals surface area contributed by atoms with Crippen LogP contribution in [0.3, 0.4) is 0 Å². The van der Waals surface area contributed by atoms with Crippen LogP contribution in [-0.2, 0) is 27.3 Å². The molecule has 0 bridgehead atoms. The van der Waals surface area contributed by atoms with Gasteiger partial charge >= 0.3 is 27.0 Å². The molecule has 0 radical (unpaired) electrons. The Kier molecular flexibility index (Phi) is 13.0. The van der Waals surface area contributed by atoms with Gasteiger partial charge in [-0.1, -0.05) is 115 Å². The van der Waals surface area contributed by atoms with E-state index in [9.17, 15) is 8.42 Å². The first kappa shape index (κ1) is 28.5. The first-order valence-electron chi connectivity index (χ1n) is 10.1. The molecule has 0 amide bonds. The average molecular weight is 559 g/mol. The molecule has 0 heterocycles. The van der Waals surface area contributed by atoms with Crippen molar-refractivity contribution in [3.05, 3.63) is 118 Å². The molecule has 0 saturated heterocycles. The molecule has 173 valence electrons. The molecule has 0 spiro atoms. The van der Waals surface area contributed by atoms with E-state index in [4.69, 9.17) is 5.73 Å². The van der Waals surface area contributed by atoms with Crippen LogP contribution in [0.2, 0.25) is 0 Å². The number of nitrogens with one attached hydrogen (secondary N) is 1. The van der Waals surface area contributed by atoms with Crippen molar-refractivity contribution in [1.82, 2.24) is 0 Å². The van der Waals surface area contributed by atoms with E-state index < -0.39 is 22.1 Å². The van der Waals surface area contributed by atoms with Gasteiger partial charge in [0.05, 0.1) is 10.0 Å². The Morgan fingerprint density at radius 2 is 1.22 bits per heavy atom. The molecule has 32 heavy (non-hydrogen) atoms. The Bertz CT molecular complexity index is 999. The van der Waals surface area contributed by atoms with Crippen molar-refractivity contribution < 1.29 is 25.7 Å². The zero-order valence-electron chi connectivity index (χ0n) is 18.7. The van der Waals surface area contributed by atoms with Gasteiger partial charge in [0.25, 0.3) is 0 Å². The summed E-state index contributed by atoms with van der Waals surface area (Å²) in [6.07, 6.45) is 1.06. The van der Waals surface area contributed by atoms with Gasteiger partial charge in [0.2, 0.25) is 0 Å². The number of aryl methyl sites for hydroxylation is 1. The minimum absolute atomic E-state index is 0.653. The molecule has 4 nitrogen and oxygen atoms in total. The summed E-state index contributed by atoms with van der Waals surface area (Å²) in [5.74, 6) is 0.653. The maximum absolute atomic E-state index is 11.5. The Morgan fingerprint density at radius 3 is 1.62 bits per heavy atom. The molecular weight excluding hydrogens is 529 g/mol. The second kappa shape index (κ2) is 14.6. The molecule has 2 atom stereocenters. The second-order valence-corrected chi connectivity index (χ2v) is 9.32. The summed E-state index contributed by atoms with van der Waals surface area (Å²) in [7, 11) is 1.05. The average Bonchev–Trinajstić information content (AvgIpc) is 2.80. The molecule has 0 aliphatic heterocycles. The Morgan fingerprint density at radius 1 is 0.781 bits per heavy atom. The number of benzene rings is 3. The van der Waals surface area contributed by atoms with Gasteiger partial charge in [0, 0.05) is 6.26 Å². The third kappa shape index (κ3) is 10.4. The fourth-order valence-corrected chi connectivity index (χ4v) is 3.62. The summed E-state index contributed by atoms with van der Waals surface area (Å²) >= 11 is 1.82. The van der Waals surface area contributed by atoms with Crippen LogP contribution in [0.25, 0.3) is 10.5 Å². The number of hydrogen-bond acceptors (Lipinski definition) is 2. The first-order valence-corrected chi connectivity index (χ1v) is 14.2. The molecule has 3 aromatic carbocycles. The van der Waals surface area contributed by atoms with Gasteiger partial charge in [-0.05, 0) is 18.4 Å². The summed E-state index contributed by atoms with van der Waals surface area (Å²) < 4.78 is 26.8. The second-order valence-electron chi connectivity index (χ2n) is 7.65. The standard InChI is InChI=1S/C15H16N2O2S.C10H14.ClH.Ru/c1-20(18,19)17-15(13-10-6-3-7-11-13)14(16)12-8-4-2-5-9-12;1-8(2)10-6-4-9(3)5-7-10;;/h2-11,14-16H,1H3;4-8H,1-3H3;1H;/q-2;;;+3/p-1/t14-,15-;;;/m1.../s1. The number of nitrogens with zero attached hydrogens (tertiary/aromatic N) is 1. The summed E-state index contributed by atoms with van der Waals surface area (Å²) in [5.41, 5.74) is 12.6. The van der Waals surface area contributed by atoms with E-state index in [2.05, 4.69) is 59.4 Å².